The molecule has 1 aromatic heterocycles. The summed E-state index contributed by atoms with van der Waals surface area (Å²) in [5.41, 5.74) is 5.95. The number of rotatable bonds is 11. The number of nitrogens with zero attached hydrogens (tertiary/aromatic N) is 2. The van der Waals surface area contributed by atoms with Crippen LogP contribution in [0, 0.1) is 17.7 Å². The molecule has 36 heavy (non-hydrogen) atoms. The highest BCUT2D eigenvalue weighted by Crippen LogP contribution is 2.30. The minimum absolute atomic E-state index is 0.00165. The zero-order chi connectivity index (χ0) is 25.3. The Kier molecular flexibility index (Phi) is 9.16. The van der Waals surface area contributed by atoms with E-state index >= 15 is 0 Å². The summed E-state index contributed by atoms with van der Waals surface area (Å²) >= 11 is 5.97. The summed E-state index contributed by atoms with van der Waals surface area (Å²) in [7, 11) is 0. The topological polar surface area (TPSA) is 117 Å². The maximum atomic E-state index is 14.9. The van der Waals surface area contributed by atoms with Crippen molar-refractivity contribution in [3.8, 4) is 0 Å². The molecule has 194 valence electrons. The number of ether oxygens (including phenoxy) is 1. The maximum absolute atomic E-state index is 14.9. The van der Waals surface area contributed by atoms with Crippen molar-refractivity contribution in [3.63, 3.8) is 0 Å². The van der Waals surface area contributed by atoms with Gasteiger partial charge in [0.25, 0.3) is 0 Å². The van der Waals surface area contributed by atoms with Gasteiger partial charge in [-0.1, -0.05) is 56.0 Å². The predicted molar refractivity (Wildman–Crippen MR) is 135 cm³/mol. The van der Waals surface area contributed by atoms with Crippen LogP contribution in [0.15, 0.2) is 30.3 Å². The molecule has 0 unspecified atom stereocenters. The fourth-order valence-electron chi connectivity index (χ4n) is 4.48. The summed E-state index contributed by atoms with van der Waals surface area (Å²) in [6, 6.07) is 9.49. The van der Waals surface area contributed by atoms with E-state index in [0.29, 0.717) is 12.3 Å². The van der Waals surface area contributed by atoms with Gasteiger partial charge in [-0.15, -0.1) is 0 Å². The van der Waals surface area contributed by atoms with Crippen molar-refractivity contribution >= 4 is 35.2 Å². The monoisotopic (exact) mass is 518 g/mol. The molecule has 4 N–H and O–H groups in total. The summed E-state index contributed by atoms with van der Waals surface area (Å²) in [4.78, 5) is 33.1. The van der Waals surface area contributed by atoms with Crippen molar-refractivity contribution in [1.29, 1.82) is 0 Å². The van der Waals surface area contributed by atoms with E-state index in [1.807, 2.05) is 30.3 Å². The molecule has 2 fully saturated rings. The number of halogens is 2. The molecule has 2 aliphatic carbocycles. The minimum atomic E-state index is -0.721. The number of carbonyl (C=O) groups is 2. The van der Waals surface area contributed by atoms with Crippen LogP contribution in [0.25, 0.3) is 0 Å². The van der Waals surface area contributed by atoms with Crippen LogP contribution < -0.4 is 21.5 Å². The average molecular weight is 519 g/mol. The van der Waals surface area contributed by atoms with Crippen LogP contribution in [-0.2, 0) is 16.1 Å². The Bertz CT molecular complexity index is 1030. The Labute approximate surface area is 214 Å². The summed E-state index contributed by atoms with van der Waals surface area (Å²) in [5, 5.41) is 5.57. The van der Waals surface area contributed by atoms with Crippen LogP contribution in [0.5, 0.6) is 0 Å². The van der Waals surface area contributed by atoms with E-state index < -0.39 is 17.8 Å². The van der Waals surface area contributed by atoms with Crippen LogP contribution in [0.2, 0.25) is 5.28 Å². The highest BCUT2D eigenvalue weighted by atomic mass is 35.5. The van der Waals surface area contributed by atoms with Gasteiger partial charge in [0.2, 0.25) is 17.0 Å². The van der Waals surface area contributed by atoms with Gasteiger partial charge in [-0.2, -0.15) is 14.4 Å². The Morgan fingerprint density at radius 3 is 2.47 bits per heavy atom. The molecule has 2 aromatic rings. The second-order valence-electron chi connectivity index (χ2n) is 9.42. The fourth-order valence-corrected chi connectivity index (χ4v) is 4.65. The zero-order valence-electron chi connectivity index (χ0n) is 20.1. The normalized spacial score (nSPS) is 16.6. The summed E-state index contributed by atoms with van der Waals surface area (Å²) in [6.07, 6.45) is 7.30. The number of alkyl carbamates (subject to hydrolysis) is 1. The van der Waals surface area contributed by atoms with E-state index in [1.54, 1.807) is 0 Å². The average Bonchev–Trinajstić information content (AvgIpc) is 3.37. The standard InChI is InChI=1S/C25H32ClFN6O3/c26-24-30-21(29-19-11-6-12-19)20(27)22(31-24)32-33-23(34)18(13-16-7-4-5-8-16)14-28-25(35)36-15-17-9-2-1-3-10-17/h1-3,9-10,16,18-19H,4-8,11-15H2,(H,28,35)(H,33,34)(H2,29,30,31,32)/t18-/m1/s1. The first-order valence-corrected chi connectivity index (χ1v) is 12.9. The van der Waals surface area contributed by atoms with Crippen LogP contribution >= 0.6 is 11.6 Å². The lowest BCUT2D eigenvalue weighted by Gasteiger charge is -2.27. The molecule has 4 rings (SSSR count). The second kappa shape index (κ2) is 12.7. The lowest BCUT2D eigenvalue weighted by atomic mass is 9.92. The molecule has 9 nitrogen and oxygen atoms in total. The van der Waals surface area contributed by atoms with E-state index in [2.05, 4.69) is 31.5 Å². The lowest BCUT2D eigenvalue weighted by Crippen LogP contribution is -2.42. The number of anilines is 2. The first-order chi connectivity index (χ1) is 17.5. The van der Waals surface area contributed by atoms with Gasteiger partial charge in [-0.05, 0) is 48.8 Å². The number of benzene rings is 1. The Morgan fingerprint density at radius 2 is 1.78 bits per heavy atom. The maximum Gasteiger partial charge on any atom is 0.407 e. The highest BCUT2D eigenvalue weighted by Gasteiger charge is 2.27. The third-order valence-electron chi connectivity index (χ3n) is 6.74. The van der Waals surface area contributed by atoms with Gasteiger partial charge in [0.05, 0.1) is 5.92 Å². The molecule has 11 heteroatoms. The molecule has 0 saturated heterocycles. The van der Waals surface area contributed by atoms with E-state index in [0.717, 1.165) is 50.5 Å². The Balaban J connectivity index is 1.33. The Morgan fingerprint density at radius 1 is 1.06 bits per heavy atom. The largest absolute Gasteiger partial charge is 0.445 e. The molecule has 1 aromatic carbocycles. The van der Waals surface area contributed by atoms with E-state index in [4.69, 9.17) is 16.3 Å². The molecule has 1 heterocycles. The molecule has 2 saturated carbocycles. The number of carbonyl (C=O) groups excluding carboxylic acids is 2. The van der Waals surface area contributed by atoms with Gasteiger partial charge in [-0.3, -0.25) is 15.6 Å². The lowest BCUT2D eigenvalue weighted by molar-refractivity contribution is -0.124. The molecular weight excluding hydrogens is 487 g/mol. The number of hydrazine groups is 1. The van der Waals surface area contributed by atoms with Crippen molar-refractivity contribution in [2.24, 2.45) is 11.8 Å². The summed E-state index contributed by atoms with van der Waals surface area (Å²) < 4.78 is 20.2. The molecule has 0 spiro atoms. The van der Waals surface area contributed by atoms with E-state index in [9.17, 15) is 14.0 Å². The first-order valence-electron chi connectivity index (χ1n) is 12.5. The first kappa shape index (κ1) is 25.9. The number of nitrogens with one attached hydrogen (secondary N) is 4. The van der Waals surface area contributed by atoms with Crippen LogP contribution in [0.4, 0.5) is 20.8 Å². The summed E-state index contributed by atoms with van der Waals surface area (Å²) in [6.45, 7) is 0.234. The molecule has 0 aliphatic heterocycles. The van der Waals surface area contributed by atoms with E-state index in [-0.39, 0.29) is 42.0 Å². The SMILES string of the molecule is O=C(NC[C@@H](CC1CCCC1)C(=O)NNc1nc(Cl)nc(NC2CCC2)c1F)OCc1ccccc1. The number of amides is 2. The van der Waals surface area contributed by atoms with Gasteiger partial charge in [-0.25, -0.2) is 4.79 Å². The van der Waals surface area contributed by atoms with Crippen molar-refractivity contribution in [2.75, 3.05) is 17.3 Å². The molecule has 0 radical (unpaired) electrons. The van der Waals surface area contributed by atoms with Gasteiger partial charge in [0.15, 0.2) is 11.6 Å². The smallest absolute Gasteiger partial charge is 0.407 e. The van der Waals surface area contributed by atoms with Crippen LogP contribution in [-0.4, -0.2) is 34.6 Å². The summed E-state index contributed by atoms with van der Waals surface area (Å²) in [5.74, 6) is -1.46. The number of aromatic nitrogens is 2. The van der Waals surface area contributed by atoms with Gasteiger partial charge < -0.3 is 15.4 Å². The van der Waals surface area contributed by atoms with Crippen LogP contribution in [0.3, 0.4) is 0 Å². The predicted octanol–water partition coefficient (Wildman–Crippen LogP) is 4.80. The van der Waals surface area contributed by atoms with Gasteiger partial charge in [0, 0.05) is 12.6 Å². The molecular formula is C25H32ClFN6O3. The Hall–Kier alpha value is -3.14. The minimum Gasteiger partial charge on any atom is -0.445 e. The van der Waals surface area contributed by atoms with Crippen molar-refractivity contribution < 1.29 is 18.7 Å². The van der Waals surface area contributed by atoms with Crippen molar-refractivity contribution in [1.82, 2.24) is 20.7 Å². The third kappa shape index (κ3) is 7.43. The zero-order valence-corrected chi connectivity index (χ0v) is 20.8. The third-order valence-corrected chi connectivity index (χ3v) is 6.91. The number of hydrogen-bond donors (Lipinski definition) is 4. The van der Waals surface area contributed by atoms with Crippen molar-refractivity contribution in [2.45, 2.75) is 64.0 Å². The molecule has 1 atom stereocenters. The van der Waals surface area contributed by atoms with E-state index in [1.165, 1.54) is 0 Å². The van der Waals surface area contributed by atoms with Crippen LogP contribution in [0.1, 0.15) is 56.9 Å². The quantitative estimate of drug-likeness (QED) is 0.249. The van der Waals surface area contributed by atoms with Crippen molar-refractivity contribution in [3.05, 3.63) is 47.0 Å². The number of hydrogen-bond acceptors (Lipinski definition) is 7. The molecule has 2 amide bonds. The highest BCUT2D eigenvalue weighted by molar-refractivity contribution is 6.28. The molecule has 0 bridgehead atoms. The fraction of sp³-hybridized carbons (Fsp3) is 0.520. The van der Waals surface area contributed by atoms with Gasteiger partial charge >= 0.3 is 6.09 Å². The second-order valence-corrected chi connectivity index (χ2v) is 9.75. The molecule has 2 aliphatic rings. The van der Waals surface area contributed by atoms with Gasteiger partial charge in [0.1, 0.15) is 6.61 Å².